The first kappa shape index (κ1) is 19.2. The first-order valence-corrected chi connectivity index (χ1v) is 9.39. The molecule has 22 heavy (non-hydrogen) atoms. The first-order chi connectivity index (χ1) is 10.1. The quantitative estimate of drug-likeness (QED) is 0.805. The standard InChI is InChI=1S/C14H20Cl2N2O3S/c1-10(2)9-18(22(3,20)21)5-4-14(19)17-13-7-11(15)6-12(16)8-13/h6-8,10H,4-5,9H2,1-3H3,(H,17,19). The van der Waals surface area contributed by atoms with Crippen molar-refractivity contribution in [2.45, 2.75) is 20.3 Å². The minimum atomic E-state index is -3.33. The van der Waals surface area contributed by atoms with Crippen LogP contribution in [0.1, 0.15) is 20.3 Å². The van der Waals surface area contributed by atoms with Gasteiger partial charge >= 0.3 is 0 Å². The van der Waals surface area contributed by atoms with Crippen LogP contribution < -0.4 is 5.32 Å². The summed E-state index contributed by atoms with van der Waals surface area (Å²) in [4.78, 5) is 11.9. The van der Waals surface area contributed by atoms with E-state index in [0.29, 0.717) is 22.3 Å². The second kappa shape index (κ2) is 8.15. The molecule has 0 aliphatic carbocycles. The fraction of sp³-hybridized carbons (Fsp3) is 0.500. The molecule has 1 rings (SSSR count). The highest BCUT2D eigenvalue weighted by molar-refractivity contribution is 7.88. The van der Waals surface area contributed by atoms with Crippen molar-refractivity contribution in [1.29, 1.82) is 0 Å². The van der Waals surface area contributed by atoms with Crippen LogP contribution >= 0.6 is 23.2 Å². The van der Waals surface area contributed by atoms with Crippen molar-refractivity contribution in [2.75, 3.05) is 24.7 Å². The van der Waals surface area contributed by atoms with Gasteiger partial charge in [0.1, 0.15) is 0 Å². The van der Waals surface area contributed by atoms with Crippen molar-refractivity contribution in [1.82, 2.24) is 4.31 Å². The highest BCUT2D eigenvalue weighted by atomic mass is 35.5. The summed E-state index contributed by atoms with van der Waals surface area (Å²) in [6.45, 7) is 4.37. The van der Waals surface area contributed by atoms with Gasteiger partial charge in [0.25, 0.3) is 0 Å². The van der Waals surface area contributed by atoms with Crippen LogP contribution in [0.4, 0.5) is 5.69 Å². The Morgan fingerprint density at radius 2 is 1.77 bits per heavy atom. The average Bonchev–Trinajstić information content (AvgIpc) is 2.31. The third-order valence-electron chi connectivity index (χ3n) is 2.77. The minimum Gasteiger partial charge on any atom is -0.326 e. The molecule has 1 aromatic carbocycles. The fourth-order valence-corrected chi connectivity index (χ4v) is 3.39. The number of anilines is 1. The van der Waals surface area contributed by atoms with E-state index in [-0.39, 0.29) is 24.8 Å². The Labute approximate surface area is 141 Å². The number of benzene rings is 1. The van der Waals surface area contributed by atoms with Crippen LogP contribution in [0.3, 0.4) is 0 Å². The molecular formula is C14H20Cl2N2O3S. The molecule has 0 heterocycles. The molecule has 1 amide bonds. The maximum Gasteiger partial charge on any atom is 0.225 e. The van der Waals surface area contributed by atoms with Gasteiger partial charge in [0.2, 0.25) is 15.9 Å². The lowest BCUT2D eigenvalue weighted by Crippen LogP contribution is -2.35. The monoisotopic (exact) mass is 366 g/mol. The zero-order valence-corrected chi connectivity index (χ0v) is 15.1. The average molecular weight is 367 g/mol. The van der Waals surface area contributed by atoms with Crippen molar-refractivity contribution in [2.24, 2.45) is 5.92 Å². The van der Waals surface area contributed by atoms with Crippen LogP contribution in [0.5, 0.6) is 0 Å². The van der Waals surface area contributed by atoms with Gasteiger partial charge in [-0.05, 0) is 24.1 Å². The molecule has 0 saturated carbocycles. The molecule has 0 aliphatic heterocycles. The van der Waals surface area contributed by atoms with E-state index in [2.05, 4.69) is 5.32 Å². The number of sulfonamides is 1. The Balaban J connectivity index is 2.64. The van der Waals surface area contributed by atoms with E-state index in [1.807, 2.05) is 13.8 Å². The van der Waals surface area contributed by atoms with Gasteiger partial charge in [-0.3, -0.25) is 4.79 Å². The molecule has 0 radical (unpaired) electrons. The number of hydrogen-bond acceptors (Lipinski definition) is 3. The van der Waals surface area contributed by atoms with E-state index < -0.39 is 10.0 Å². The molecule has 0 aromatic heterocycles. The van der Waals surface area contributed by atoms with Crippen LogP contribution in [-0.2, 0) is 14.8 Å². The maximum absolute atomic E-state index is 11.9. The number of nitrogens with one attached hydrogen (secondary N) is 1. The molecule has 1 aromatic rings. The lowest BCUT2D eigenvalue weighted by Gasteiger charge is -2.21. The van der Waals surface area contributed by atoms with Crippen molar-refractivity contribution in [3.8, 4) is 0 Å². The summed E-state index contributed by atoms with van der Waals surface area (Å²) in [5.41, 5.74) is 0.484. The highest BCUT2D eigenvalue weighted by Gasteiger charge is 2.19. The fourth-order valence-electron chi connectivity index (χ4n) is 1.88. The Bertz CT molecular complexity index is 613. The van der Waals surface area contributed by atoms with Gasteiger partial charge in [-0.2, -0.15) is 0 Å². The normalized spacial score (nSPS) is 12.0. The topological polar surface area (TPSA) is 66.5 Å². The predicted molar refractivity (Wildman–Crippen MR) is 91.0 cm³/mol. The summed E-state index contributed by atoms with van der Waals surface area (Å²) in [5, 5.41) is 3.49. The van der Waals surface area contributed by atoms with Gasteiger partial charge < -0.3 is 5.32 Å². The van der Waals surface area contributed by atoms with Crippen molar-refractivity contribution in [3.63, 3.8) is 0 Å². The number of carbonyl (C=O) groups excluding carboxylic acids is 1. The Kier molecular flexibility index (Phi) is 7.12. The zero-order chi connectivity index (χ0) is 16.9. The van der Waals surface area contributed by atoms with E-state index in [0.717, 1.165) is 6.26 Å². The molecule has 0 bridgehead atoms. The van der Waals surface area contributed by atoms with Gasteiger partial charge in [0, 0.05) is 35.2 Å². The largest absolute Gasteiger partial charge is 0.326 e. The molecule has 0 fully saturated rings. The summed E-state index contributed by atoms with van der Waals surface area (Å²) in [7, 11) is -3.33. The summed E-state index contributed by atoms with van der Waals surface area (Å²) >= 11 is 11.7. The van der Waals surface area contributed by atoms with E-state index in [1.54, 1.807) is 18.2 Å². The highest BCUT2D eigenvalue weighted by Crippen LogP contribution is 2.22. The second-order valence-corrected chi connectivity index (χ2v) is 8.33. The summed E-state index contributed by atoms with van der Waals surface area (Å²) in [6, 6.07) is 4.72. The summed E-state index contributed by atoms with van der Waals surface area (Å²) in [6.07, 6.45) is 1.20. The Hall–Kier alpha value is -0.820. The van der Waals surface area contributed by atoms with Crippen molar-refractivity contribution < 1.29 is 13.2 Å². The van der Waals surface area contributed by atoms with E-state index >= 15 is 0 Å². The predicted octanol–water partition coefficient (Wildman–Crippen LogP) is 3.24. The maximum atomic E-state index is 11.9. The third kappa shape index (κ3) is 6.96. The van der Waals surface area contributed by atoms with Gasteiger partial charge in [-0.25, -0.2) is 12.7 Å². The van der Waals surface area contributed by atoms with Crippen LogP contribution in [-0.4, -0.2) is 38.0 Å². The number of amides is 1. The molecule has 0 spiro atoms. The zero-order valence-electron chi connectivity index (χ0n) is 12.8. The van der Waals surface area contributed by atoms with E-state index in [9.17, 15) is 13.2 Å². The minimum absolute atomic E-state index is 0.0594. The molecule has 5 nitrogen and oxygen atoms in total. The van der Waals surface area contributed by atoms with Gasteiger partial charge in [-0.15, -0.1) is 0 Å². The Morgan fingerprint density at radius 1 is 1.23 bits per heavy atom. The smallest absolute Gasteiger partial charge is 0.225 e. The molecule has 1 N–H and O–H groups in total. The summed E-state index contributed by atoms with van der Waals surface area (Å²) < 4.78 is 24.7. The molecule has 0 unspecified atom stereocenters. The van der Waals surface area contributed by atoms with Crippen LogP contribution in [0.25, 0.3) is 0 Å². The lowest BCUT2D eigenvalue weighted by atomic mass is 10.2. The molecule has 8 heteroatoms. The number of hydrogen-bond donors (Lipinski definition) is 1. The number of nitrogens with zero attached hydrogens (tertiary/aromatic N) is 1. The first-order valence-electron chi connectivity index (χ1n) is 6.79. The molecule has 0 atom stereocenters. The second-order valence-electron chi connectivity index (χ2n) is 5.47. The lowest BCUT2D eigenvalue weighted by molar-refractivity contribution is -0.116. The van der Waals surface area contributed by atoms with Crippen LogP contribution in [0.2, 0.25) is 10.0 Å². The van der Waals surface area contributed by atoms with Gasteiger partial charge in [-0.1, -0.05) is 37.0 Å². The van der Waals surface area contributed by atoms with E-state index in [4.69, 9.17) is 23.2 Å². The molecular weight excluding hydrogens is 347 g/mol. The van der Waals surface area contributed by atoms with Gasteiger partial charge in [0.05, 0.1) is 6.26 Å². The summed E-state index contributed by atoms with van der Waals surface area (Å²) in [5.74, 6) is -0.111. The van der Waals surface area contributed by atoms with E-state index in [1.165, 1.54) is 4.31 Å². The van der Waals surface area contributed by atoms with Gasteiger partial charge in [0.15, 0.2) is 0 Å². The molecule has 0 aliphatic rings. The number of carbonyl (C=O) groups is 1. The van der Waals surface area contributed by atoms with Crippen molar-refractivity contribution in [3.05, 3.63) is 28.2 Å². The molecule has 0 saturated heterocycles. The number of rotatable bonds is 7. The Morgan fingerprint density at radius 3 is 2.23 bits per heavy atom. The van der Waals surface area contributed by atoms with Crippen LogP contribution in [0.15, 0.2) is 18.2 Å². The van der Waals surface area contributed by atoms with Crippen molar-refractivity contribution >= 4 is 44.8 Å². The SMILES string of the molecule is CC(C)CN(CCC(=O)Nc1cc(Cl)cc(Cl)c1)S(C)(=O)=O. The molecule has 124 valence electrons. The van der Waals surface area contributed by atoms with Crippen LogP contribution in [0, 0.1) is 5.92 Å². The number of halogens is 2. The third-order valence-corrected chi connectivity index (χ3v) is 4.48.